The van der Waals surface area contributed by atoms with Gasteiger partial charge < -0.3 is 5.32 Å². The fourth-order valence-electron chi connectivity index (χ4n) is 2.49. The van der Waals surface area contributed by atoms with Crippen molar-refractivity contribution in [2.24, 2.45) is 0 Å². The number of fused-ring (bicyclic) bond motifs is 2. The van der Waals surface area contributed by atoms with Crippen molar-refractivity contribution in [1.82, 2.24) is 20.0 Å². The molecule has 112 valence electrons. The van der Waals surface area contributed by atoms with Gasteiger partial charge in [0, 0.05) is 5.39 Å². The van der Waals surface area contributed by atoms with E-state index >= 15 is 0 Å². The van der Waals surface area contributed by atoms with Gasteiger partial charge in [-0.2, -0.15) is 0 Å². The Morgan fingerprint density at radius 3 is 2.65 bits per heavy atom. The summed E-state index contributed by atoms with van der Waals surface area (Å²) in [5.41, 5.74) is 2.44. The molecule has 4 aromatic rings. The number of rotatable bonds is 3. The Morgan fingerprint density at radius 2 is 1.74 bits per heavy atom. The second-order valence-electron chi connectivity index (χ2n) is 5.17. The Bertz CT molecular complexity index is 1010. The van der Waals surface area contributed by atoms with E-state index in [9.17, 15) is 4.79 Å². The van der Waals surface area contributed by atoms with E-state index in [2.05, 4.69) is 20.6 Å². The lowest BCUT2D eigenvalue weighted by Crippen LogP contribution is -2.20. The molecule has 0 fully saturated rings. The fraction of sp³-hybridized carbons (Fsp3) is 0.0588. The van der Waals surface area contributed by atoms with E-state index in [4.69, 9.17) is 0 Å². The lowest BCUT2D eigenvalue weighted by Gasteiger charge is -2.06. The van der Waals surface area contributed by atoms with Crippen molar-refractivity contribution in [3.63, 3.8) is 0 Å². The van der Waals surface area contributed by atoms with Crippen LogP contribution in [0.2, 0.25) is 0 Å². The molecule has 6 nitrogen and oxygen atoms in total. The van der Waals surface area contributed by atoms with Gasteiger partial charge in [-0.05, 0) is 30.3 Å². The van der Waals surface area contributed by atoms with Crippen molar-refractivity contribution in [1.29, 1.82) is 0 Å². The molecule has 23 heavy (non-hydrogen) atoms. The largest absolute Gasteiger partial charge is 0.309 e. The summed E-state index contributed by atoms with van der Waals surface area (Å²) in [6.45, 7) is 0.0923. The molecule has 0 saturated carbocycles. The lowest BCUT2D eigenvalue weighted by atomic mass is 10.2. The number of benzene rings is 2. The standard InChI is InChI=1S/C17H13N5O/c23-17(11-22-15-8-4-3-7-14(15)20-21-22)19-16-10-9-12-5-1-2-6-13(12)18-16/h1-10H,11H2,(H,18,19,23). The SMILES string of the molecule is O=C(Cn1nnc2ccccc21)Nc1ccc2ccccc2n1. The van der Waals surface area contributed by atoms with E-state index in [0.717, 1.165) is 21.9 Å². The van der Waals surface area contributed by atoms with Gasteiger partial charge >= 0.3 is 0 Å². The smallest absolute Gasteiger partial charge is 0.247 e. The number of amides is 1. The normalized spacial score (nSPS) is 11.0. The highest BCUT2D eigenvalue weighted by molar-refractivity contribution is 5.92. The second-order valence-corrected chi connectivity index (χ2v) is 5.17. The summed E-state index contributed by atoms with van der Waals surface area (Å²) in [6.07, 6.45) is 0. The summed E-state index contributed by atoms with van der Waals surface area (Å²) >= 11 is 0. The van der Waals surface area contributed by atoms with Crippen LogP contribution in [0.5, 0.6) is 0 Å². The van der Waals surface area contributed by atoms with Crippen LogP contribution < -0.4 is 5.32 Å². The first-order chi connectivity index (χ1) is 11.3. The molecule has 0 spiro atoms. The molecule has 0 aliphatic carbocycles. The maximum atomic E-state index is 12.2. The Balaban J connectivity index is 1.55. The molecule has 0 saturated heterocycles. The van der Waals surface area contributed by atoms with Gasteiger partial charge in [0.1, 0.15) is 17.9 Å². The molecule has 0 unspecified atom stereocenters. The number of nitrogens with zero attached hydrogens (tertiary/aromatic N) is 4. The van der Waals surface area contributed by atoms with E-state index in [1.165, 1.54) is 0 Å². The van der Waals surface area contributed by atoms with Crippen LogP contribution in [0.15, 0.2) is 60.7 Å². The third kappa shape index (κ3) is 2.62. The van der Waals surface area contributed by atoms with Crippen LogP contribution in [0.3, 0.4) is 0 Å². The minimum absolute atomic E-state index is 0.0923. The second kappa shape index (κ2) is 5.49. The molecule has 0 bridgehead atoms. The van der Waals surface area contributed by atoms with Crippen LogP contribution in [0.4, 0.5) is 5.82 Å². The van der Waals surface area contributed by atoms with Crippen molar-refractivity contribution in [3.05, 3.63) is 60.7 Å². The summed E-state index contributed by atoms with van der Waals surface area (Å²) in [7, 11) is 0. The first-order valence-corrected chi connectivity index (χ1v) is 7.23. The highest BCUT2D eigenvalue weighted by Gasteiger charge is 2.09. The van der Waals surface area contributed by atoms with E-state index in [1.807, 2.05) is 54.6 Å². The summed E-state index contributed by atoms with van der Waals surface area (Å²) in [4.78, 5) is 16.6. The molecule has 0 radical (unpaired) electrons. The number of carbonyl (C=O) groups is 1. The third-order valence-corrected chi connectivity index (χ3v) is 3.58. The van der Waals surface area contributed by atoms with E-state index in [0.29, 0.717) is 5.82 Å². The monoisotopic (exact) mass is 303 g/mol. The van der Waals surface area contributed by atoms with Crippen LogP contribution in [0.25, 0.3) is 21.9 Å². The zero-order chi connectivity index (χ0) is 15.6. The highest BCUT2D eigenvalue weighted by Crippen LogP contribution is 2.15. The molecule has 6 heteroatoms. The van der Waals surface area contributed by atoms with Gasteiger partial charge in [0.25, 0.3) is 0 Å². The number of pyridine rings is 1. The van der Waals surface area contributed by atoms with Gasteiger partial charge in [-0.15, -0.1) is 5.10 Å². The molecule has 0 atom stereocenters. The maximum absolute atomic E-state index is 12.2. The van der Waals surface area contributed by atoms with Crippen molar-refractivity contribution >= 4 is 33.7 Å². The van der Waals surface area contributed by atoms with Gasteiger partial charge in [-0.3, -0.25) is 4.79 Å². The predicted molar refractivity (Wildman–Crippen MR) is 87.9 cm³/mol. The third-order valence-electron chi connectivity index (χ3n) is 3.58. The molecule has 1 amide bonds. The topological polar surface area (TPSA) is 72.7 Å². The van der Waals surface area contributed by atoms with Crippen LogP contribution in [0, 0.1) is 0 Å². The van der Waals surface area contributed by atoms with Gasteiger partial charge in [-0.1, -0.05) is 35.5 Å². The average Bonchev–Trinajstić information content (AvgIpc) is 2.98. The van der Waals surface area contributed by atoms with Crippen molar-refractivity contribution in [2.45, 2.75) is 6.54 Å². The number of carbonyl (C=O) groups excluding carboxylic acids is 1. The number of aromatic nitrogens is 4. The van der Waals surface area contributed by atoms with Gasteiger partial charge in [0.15, 0.2) is 0 Å². The van der Waals surface area contributed by atoms with E-state index in [-0.39, 0.29) is 12.5 Å². The Kier molecular flexibility index (Phi) is 3.20. The molecule has 2 heterocycles. The Morgan fingerprint density at radius 1 is 0.957 bits per heavy atom. The Labute approximate surface area is 131 Å². The number of para-hydroxylation sites is 2. The zero-order valence-corrected chi connectivity index (χ0v) is 12.2. The first kappa shape index (κ1) is 13.4. The van der Waals surface area contributed by atoms with Crippen LogP contribution in [0.1, 0.15) is 0 Å². The van der Waals surface area contributed by atoms with Gasteiger partial charge in [-0.25, -0.2) is 9.67 Å². The zero-order valence-electron chi connectivity index (χ0n) is 12.2. The predicted octanol–water partition coefficient (Wildman–Crippen LogP) is 2.62. The fourth-order valence-corrected chi connectivity index (χ4v) is 2.49. The summed E-state index contributed by atoms with van der Waals surface area (Å²) < 4.78 is 1.58. The van der Waals surface area contributed by atoms with E-state index < -0.39 is 0 Å². The minimum Gasteiger partial charge on any atom is -0.309 e. The number of anilines is 1. The summed E-state index contributed by atoms with van der Waals surface area (Å²) in [5, 5.41) is 11.9. The lowest BCUT2D eigenvalue weighted by molar-refractivity contribution is -0.116. The van der Waals surface area contributed by atoms with Gasteiger partial charge in [0.2, 0.25) is 5.91 Å². The minimum atomic E-state index is -0.191. The summed E-state index contributed by atoms with van der Waals surface area (Å²) in [6, 6.07) is 19.0. The molecule has 0 aliphatic heterocycles. The van der Waals surface area contributed by atoms with Crippen LogP contribution in [-0.4, -0.2) is 25.9 Å². The number of nitrogens with one attached hydrogen (secondary N) is 1. The maximum Gasteiger partial charge on any atom is 0.247 e. The first-order valence-electron chi connectivity index (χ1n) is 7.23. The van der Waals surface area contributed by atoms with Crippen LogP contribution >= 0.6 is 0 Å². The molecule has 1 N–H and O–H groups in total. The molecule has 0 aliphatic rings. The highest BCUT2D eigenvalue weighted by atomic mass is 16.2. The van der Waals surface area contributed by atoms with Gasteiger partial charge in [0.05, 0.1) is 11.0 Å². The molecular weight excluding hydrogens is 290 g/mol. The molecule has 2 aromatic heterocycles. The Hall–Kier alpha value is -3.28. The number of hydrogen-bond acceptors (Lipinski definition) is 4. The molecule has 4 rings (SSSR count). The van der Waals surface area contributed by atoms with Crippen molar-refractivity contribution < 1.29 is 4.79 Å². The van der Waals surface area contributed by atoms with Crippen molar-refractivity contribution in [3.8, 4) is 0 Å². The average molecular weight is 303 g/mol. The molecule has 2 aromatic carbocycles. The molecular formula is C17H13N5O. The number of hydrogen-bond donors (Lipinski definition) is 1. The quantitative estimate of drug-likeness (QED) is 0.631. The van der Waals surface area contributed by atoms with Crippen LogP contribution in [-0.2, 0) is 11.3 Å². The van der Waals surface area contributed by atoms with E-state index in [1.54, 1.807) is 10.7 Å². The van der Waals surface area contributed by atoms with Crippen molar-refractivity contribution in [2.75, 3.05) is 5.32 Å². The summed E-state index contributed by atoms with van der Waals surface area (Å²) in [5.74, 6) is 0.335.